The smallest absolute Gasteiger partial charge is 0.203 e. The lowest BCUT2D eigenvalue weighted by Crippen LogP contribution is -2.12. The molecular weight excluding hydrogens is 364 g/mol. The van der Waals surface area contributed by atoms with E-state index in [-0.39, 0.29) is 11.1 Å². The number of carbonyl (C=O) groups is 1. The van der Waals surface area contributed by atoms with Crippen LogP contribution in [0.1, 0.15) is 33.5 Å². The van der Waals surface area contributed by atoms with Gasteiger partial charge in [0.1, 0.15) is 0 Å². The summed E-state index contributed by atoms with van der Waals surface area (Å²) in [6.07, 6.45) is 3.03. The molecule has 0 saturated carbocycles. The highest BCUT2D eigenvalue weighted by Gasteiger charge is 2.29. The van der Waals surface area contributed by atoms with Crippen LogP contribution in [0.2, 0.25) is 0 Å². The molecule has 0 unspecified atom stereocenters. The predicted octanol–water partition coefficient (Wildman–Crippen LogP) is 2.83. The van der Waals surface area contributed by atoms with E-state index in [0.29, 0.717) is 41.2 Å². The number of carbonyl (C=O) groups excluding carboxylic acids is 1. The van der Waals surface area contributed by atoms with Crippen molar-refractivity contribution >= 4 is 11.4 Å². The number of ether oxygens (including phenoxy) is 3. The first-order chi connectivity index (χ1) is 13.5. The SMILES string of the molecule is COc1cc2c(c(OC)c1OC)CCC=C2C(=O)c1ccc(CO)c(O)c1O. The molecule has 7 nitrogen and oxygen atoms in total. The Morgan fingerprint density at radius 3 is 2.36 bits per heavy atom. The third kappa shape index (κ3) is 3.03. The minimum atomic E-state index is -0.558. The number of Topliss-reactive ketones (excluding diaryl/α,β-unsaturated/α-hetero) is 1. The minimum absolute atomic E-state index is 0.0532. The highest BCUT2D eigenvalue weighted by Crippen LogP contribution is 2.47. The number of allylic oxidation sites excluding steroid dienone is 2. The molecule has 7 heteroatoms. The molecule has 0 spiro atoms. The van der Waals surface area contributed by atoms with Gasteiger partial charge in [0, 0.05) is 16.7 Å². The molecular formula is C21H22O7. The van der Waals surface area contributed by atoms with Gasteiger partial charge in [-0.1, -0.05) is 12.1 Å². The number of aliphatic hydroxyl groups is 1. The fourth-order valence-corrected chi connectivity index (χ4v) is 3.47. The van der Waals surface area contributed by atoms with E-state index in [0.717, 1.165) is 5.56 Å². The number of phenolic OH excluding ortho intramolecular Hbond substituents is 1. The molecule has 0 bridgehead atoms. The van der Waals surface area contributed by atoms with Gasteiger partial charge in [0.2, 0.25) is 5.75 Å². The number of hydrogen-bond donors (Lipinski definition) is 3. The first-order valence-electron chi connectivity index (χ1n) is 8.70. The van der Waals surface area contributed by atoms with Crippen LogP contribution in [0.25, 0.3) is 5.57 Å². The van der Waals surface area contributed by atoms with Crippen molar-refractivity contribution < 1.29 is 34.3 Å². The summed E-state index contributed by atoms with van der Waals surface area (Å²) in [5, 5.41) is 29.5. The molecule has 3 rings (SSSR count). The van der Waals surface area contributed by atoms with E-state index in [4.69, 9.17) is 14.2 Å². The third-order valence-corrected chi connectivity index (χ3v) is 4.86. The minimum Gasteiger partial charge on any atom is -0.504 e. The number of fused-ring (bicyclic) bond motifs is 1. The first-order valence-corrected chi connectivity index (χ1v) is 8.70. The van der Waals surface area contributed by atoms with Crippen LogP contribution < -0.4 is 14.2 Å². The number of rotatable bonds is 6. The monoisotopic (exact) mass is 386 g/mol. The largest absolute Gasteiger partial charge is 0.504 e. The quantitative estimate of drug-likeness (QED) is 0.518. The highest BCUT2D eigenvalue weighted by molar-refractivity contribution is 6.30. The van der Waals surface area contributed by atoms with E-state index in [1.54, 1.807) is 12.1 Å². The number of phenols is 2. The zero-order valence-corrected chi connectivity index (χ0v) is 15.9. The number of ketones is 1. The molecule has 0 aliphatic heterocycles. The van der Waals surface area contributed by atoms with Gasteiger partial charge in [-0.2, -0.15) is 0 Å². The Kier molecular flexibility index (Phi) is 5.46. The molecule has 3 N–H and O–H groups in total. The first kappa shape index (κ1) is 19.6. The number of benzene rings is 2. The van der Waals surface area contributed by atoms with Crippen molar-refractivity contribution in [3.63, 3.8) is 0 Å². The number of aromatic hydroxyl groups is 2. The third-order valence-electron chi connectivity index (χ3n) is 4.86. The van der Waals surface area contributed by atoms with E-state index < -0.39 is 23.9 Å². The van der Waals surface area contributed by atoms with Crippen LogP contribution in [-0.4, -0.2) is 42.4 Å². The molecule has 2 aromatic carbocycles. The van der Waals surface area contributed by atoms with Gasteiger partial charge in [0.15, 0.2) is 28.8 Å². The molecule has 0 radical (unpaired) electrons. The van der Waals surface area contributed by atoms with E-state index in [1.165, 1.54) is 33.5 Å². The van der Waals surface area contributed by atoms with Gasteiger partial charge in [-0.25, -0.2) is 0 Å². The average molecular weight is 386 g/mol. The standard InChI is InChI=1S/C21H22O7/c1-26-16-9-15-12(5-4-6-13(15)20(27-2)21(16)28-3)18(24)14-8-7-11(10-22)17(23)19(14)25/h5,7-9,22-23,25H,4,6,10H2,1-3H3. The van der Waals surface area contributed by atoms with E-state index in [9.17, 15) is 20.1 Å². The number of methoxy groups -OCH3 is 3. The lowest BCUT2D eigenvalue weighted by Gasteiger charge is -2.23. The maximum absolute atomic E-state index is 13.2. The molecule has 2 aromatic rings. The van der Waals surface area contributed by atoms with E-state index >= 15 is 0 Å². The van der Waals surface area contributed by atoms with Gasteiger partial charge in [-0.05, 0) is 30.5 Å². The van der Waals surface area contributed by atoms with Crippen molar-refractivity contribution in [2.45, 2.75) is 19.4 Å². The van der Waals surface area contributed by atoms with Gasteiger partial charge >= 0.3 is 0 Å². The second-order valence-corrected chi connectivity index (χ2v) is 6.28. The Balaban J connectivity index is 2.15. The number of aliphatic hydroxyl groups excluding tert-OH is 1. The molecule has 0 heterocycles. The fourth-order valence-electron chi connectivity index (χ4n) is 3.47. The maximum atomic E-state index is 13.2. The summed E-state index contributed by atoms with van der Waals surface area (Å²) in [5.41, 5.74) is 1.88. The van der Waals surface area contributed by atoms with Gasteiger partial charge < -0.3 is 29.5 Å². The van der Waals surface area contributed by atoms with Gasteiger partial charge in [0.05, 0.1) is 33.5 Å². The number of hydrogen-bond acceptors (Lipinski definition) is 7. The lowest BCUT2D eigenvalue weighted by molar-refractivity contribution is 0.105. The van der Waals surface area contributed by atoms with Crippen LogP contribution in [0, 0.1) is 0 Å². The second-order valence-electron chi connectivity index (χ2n) is 6.28. The normalized spacial score (nSPS) is 12.8. The lowest BCUT2D eigenvalue weighted by atomic mass is 9.85. The van der Waals surface area contributed by atoms with Crippen molar-refractivity contribution in [1.82, 2.24) is 0 Å². The topological polar surface area (TPSA) is 105 Å². The van der Waals surface area contributed by atoms with Gasteiger partial charge in [0.25, 0.3) is 0 Å². The zero-order chi connectivity index (χ0) is 20.4. The molecule has 148 valence electrons. The van der Waals surface area contributed by atoms with Crippen molar-refractivity contribution in [3.8, 4) is 28.7 Å². The van der Waals surface area contributed by atoms with Crippen LogP contribution in [0.3, 0.4) is 0 Å². The molecule has 0 fully saturated rings. The van der Waals surface area contributed by atoms with Crippen LogP contribution in [-0.2, 0) is 13.0 Å². The molecule has 1 aliphatic rings. The zero-order valence-electron chi connectivity index (χ0n) is 15.9. The van der Waals surface area contributed by atoms with Crippen molar-refractivity contribution in [2.75, 3.05) is 21.3 Å². The molecule has 1 aliphatic carbocycles. The van der Waals surface area contributed by atoms with E-state index in [2.05, 4.69) is 0 Å². The highest BCUT2D eigenvalue weighted by atomic mass is 16.5. The summed E-state index contributed by atoms with van der Waals surface area (Å²) < 4.78 is 16.3. The van der Waals surface area contributed by atoms with Gasteiger partial charge in [-0.15, -0.1) is 0 Å². The summed E-state index contributed by atoms with van der Waals surface area (Å²) >= 11 is 0. The molecule has 0 amide bonds. The summed E-state index contributed by atoms with van der Waals surface area (Å²) in [4.78, 5) is 13.2. The summed E-state index contributed by atoms with van der Waals surface area (Å²) in [6, 6.07) is 4.50. The molecule has 0 atom stereocenters. The van der Waals surface area contributed by atoms with Crippen LogP contribution in [0.15, 0.2) is 24.3 Å². The molecule has 0 aromatic heterocycles. The Morgan fingerprint density at radius 2 is 1.75 bits per heavy atom. The Labute approximate surface area is 162 Å². The maximum Gasteiger partial charge on any atom is 0.203 e. The average Bonchev–Trinajstić information content (AvgIpc) is 2.73. The van der Waals surface area contributed by atoms with Crippen LogP contribution in [0.4, 0.5) is 0 Å². The molecule has 28 heavy (non-hydrogen) atoms. The predicted molar refractivity (Wildman–Crippen MR) is 102 cm³/mol. The summed E-state index contributed by atoms with van der Waals surface area (Å²) in [7, 11) is 4.53. The Bertz CT molecular complexity index is 960. The Hall–Kier alpha value is -3.19. The fraction of sp³-hybridized carbons (Fsp3) is 0.286. The van der Waals surface area contributed by atoms with Gasteiger partial charge in [-0.3, -0.25) is 4.79 Å². The summed E-state index contributed by atoms with van der Waals surface area (Å²) in [5.74, 6) is -0.149. The van der Waals surface area contributed by atoms with Crippen molar-refractivity contribution in [2.24, 2.45) is 0 Å². The van der Waals surface area contributed by atoms with Crippen LogP contribution >= 0.6 is 0 Å². The van der Waals surface area contributed by atoms with Crippen LogP contribution in [0.5, 0.6) is 28.7 Å². The van der Waals surface area contributed by atoms with E-state index in [1.807, 2.05) is 0 Å². The summed E-state index contributed by atoms with van der Waals surface area (Å²) in [6.45, 7) is -0.451. The van der Waals surface area contributed by atoms with Crippen molar-refractivity contribution in [1.29, 1.82) is 0 Å². The van der Waals surface area contributed by atoms with Crippen molar-refractivity contribution in [3.05, 3.63) is 46.5 Å². The Morgan fingerprint density at radius 1 is 1.04 bits per heavy atom. The second kappa shape index (κ2) is 7.82. The molecule has 0 saturated heterocycles.